The average molecular weight is 388 g/mol. The highest BCUT2D eigenvalue weighted by atomic mass is 16.1. The summed E-state index contributed by atoms with van der Waals surface area (Å²) in [6.07, 6.45) is 4.91. The Morgan fingerprint density at radius 1 is 1.03 bits per heavy atom. The van der Waals surface area contributed by atoms with Crippen LogP contribution in [0.1, 0.15) is 44.7 Å². The van der Waals surface area contributed by atoms with Crippen LogP contribution < -0.4 is 5.32 Å². The number of allylic oxidation sites excluding steroid dienone is 4. The van der Waals surface area contributed by atoms with E-state index in [4.69, 9.17) is 0 Å². The second-order valence-corrected chi connectivity index (χ2v) is 7.53. The Hall–Kier alpha value is -2.71. The van der Waals surface area contributed by atoms with Crippen molar-refractivity contribution in [2.24, 2.45) is 5.92 Å². The maximum Gasteiger partial charge on any atom is 0.136 e. The molecule has 0 fully saturated rings. The highest BCUT2D eigenvalue weighted by Gasteiger charge is 2.23. The van der Waals surface area contributed by atoms with E-state index in [1.54, 1.807) is 0 Å². The Morgan fingerprint density at radius 2 is 1.59 bits per heavy atom. The first-order valence-corrected chi connectivity index (χ1v) is 10.3. The van der Waals surface area contributed by atoms with Gasteiger partial charge in [-0.05, 0) is 54.7 Å². The van der Waals surface area contributed by atoms with Crippen molar-refractivity contribution in [1.82, 2.24) is 5.32 Å². The molecule has 2 nitrogen and oxygen atoms in total. The third-order valence-corrected chi connectivity index (χ3v) is 5.36. The van der Waals surface area contributed by atoms with Crippen LogP contribution in [0.4, 0.5) is 0 Å². The molecule has 0 heterocycles. The van der Waals surface area contributed by atoms with E-state index in [1.807, 2.05) is 50.4 Å². The predicted octanol–water partition coefficient (Wildman–Crippen LogP) is 6.32. The fraction of sp³-hybridized carbons (Fsp3) is 0.296. The first-order chi connectivity index (χ1) is 14.0. The van der Waals surface area contributed by atoms with Gasteiger partial charge in [-0.15, -0.1) is 0 Å². The predicted molar refractivity (Wildman–Crippen MR) is 126 cm³/mol. The molecule has 1 N–H and O–H groups in total. The van der Waals surface area contributed by atoms with Crippen LogP contribution in [0.15, 0.2) is 85.0 Å². The van der Waals surface area contributed by atoms with Crippen LogP contribution in [0, 0.1) is 5.92 Å². The second-order valence-electron chi connectivity index (χ2n) is 7.53. The van der Waals surface area contributed by atoms with Crippen LogP contribution in [-0.2, 0) is 4.79 Å². The van der Waals surface area contributed by atoms with E-state index in [1.165, 1.54) is 5.57 Å². The molecule has 2 rings (SSSR count). The standard InChI is InChI=1S/C27H33NO/c1-6-7-18-25(29)19-20(2)27(28-5)22(4)26(24-16-12-9-13-17-24)21(3)23-14-10-8-11-15-23/h6-17,20,27-28H,3,18-19H2,1-2,4-5H3/b7-6+,26-22+. The number of nitrogens with one attached hydrogen (secondary N) is 1. The van der Waals surface area contributed by atoms with Gasteiger partial charge in [0.25, 0.3) is 0 Å². The molecule has 0 aliphatic carbocycles. The van der Waals surface area contributed by atoms with Crippen molar-refractivity contribution in [3.63, 3.8) is 0 Å². The Morgan fingerprint density at radius 3 is 2.10 bits per heavy atom. The Labute approximate surface area is 176 Å². The first kappa shape index (κ1) is 22.6. The highest BCUT2D eigenvalue weighted by molar-refractivity contribution is 6.05. The maximum atomic E-state index is 12.3. The van der Waals surface area contributed by atoms with Crippen molar-refractivity contribution >= 4 is 16.9 Å². The minimum Gasteiger partial charge on any atom is -0.313 e. The van der Waals surface area contributed by atoms with Crippen LogP contribution in [-0.4, -0.2) is 18.9 Å². The van der Waals surface area contributed by atoms with Crippen LogP contribution >= 0.6 is 0 Å². The fourth-order valence-electron chi connectivity index (χ4n) is 3.92. The van der Waals surface area contributed by atoms with E-state index in [0.29, 0.717) is 12.8 Å². The zero-order chi connectivity index (χ0) is 21.2. The minimum atomic E-state index is 0.0835. The Bertz CT molecular complexity index is 862. The lowest BCUT2D eigenvalue weighted by Gasteiger charge is -2.28. The molecule has 2 atom stereocenters. The summed E-state index contributed by atoms with van der Waals surface area (Å²) < 4.78 is 0. The molecule has 0 aromatic heterocycles. The summed E-state index contributed by atoms with van der Waals surface area (Å²) in [5.41, 5.74) is 5.61. The van der Waals surface area contributed by atoms with Crippen molar-refractivity contribution < 1.29 is 4.79 Å². The summed E-state index contributed by atoms with van der Waals surface area (Å²) in [7, 11) is 1.97. The second kappa shape index (κ2) is 11.3. The van der Waals surface area contributed by atoms with Gasteiger partial charge in [0, 0.05) is 18.9 Å². The van der Waals surface area contributed by atoms with E-state index >= 15 is 0 Å². The number of hydrogen-bond donors (Lipinski definition) is 1. The molecule has 2 heteroatoms. The molecule has 0 saturated carbocycles. The van der Waals surface area contributed by atoms with E-state index in [2.05, 4.69) is 62.1 Å². The lowest BCUT2D eigenvalue weighted by molar-refractivity contribution is -0.119. The molecule has 0 amide bonds. The minimum absolute atomic E-state index is 0.0835. The van der Waals surface area contributed by atoms with Gasteiger partial charge in [-0.2, -0.15) is 0 Å². The molecule has 2 aromatic carbocycles. The normalized spacial score (nSPS) is 14.3. The molecule has 0 radical (unpaired) electrons. The number of likely N-dealkylation sites (N-methyl/N-ethyl adjacent to an activating group) is 1. The quantitative estimate of drug-likeness (QED) is 0.381. The number of rotatable bonds is 10. The van der Waals surface area contributed by atoms with Crippen molar-refractivity contribution in [3.8, 4) is 0 Å². The highest BCUT2D eigenvalue weighted by Crippen LogP contribution is 2.35. The van der Waals surface area contributed by atoms with Crippen LogP contribution in [0.3, 0.4) is 0 Å². The Kier molecular flexibility index (Phi) is 8.82. The summed E-state index contributed by atoms with van der Waals surface area (Å²) in [5.74, 6) is 0.451. The van der Waals surface area contributed by atoms with E-state index in [9.17, 15) is 4.79 Å². The number of carbonyl (C=O) groups is 1. The lowest BCUT2D eigenvalue weighted by Crippen LogP contribution is -2.35. The van der Waals surface area contributed by atoms with Crippen LogP contribution in [0.2, 0.25) is 0 Å². The first-order valence-electron chi connectivity index (χ1n) is 10.3. The van der Waals surface area contributed by atoms with Crippen LogP contribution in [0.25, 0.3) is 11.1 Å². The number of benzene rings is 2. The summed E-state index contributed by atoms with van der Waals surface area (Å²) in [6.45, 7) is 10.7. The van der Waals surface area contributed by atoms with Gasteiger partial charge in [0.1, 0.15) is 5.78 Å². The number of Topliss-reactive ketones (excluding diaryl/α,β-unsaturated/α-hetero) is 1. The van der Waals surface area contributed by atoms with E-state index in [-0.39, 0.29) is 17.7 Å². The molecule has 2 unspecified atom stereocenters. The SMILES string of the molecule is C=C(/C(=C(/C)C(NC)C(C)CC(=O)C/C=C/C)c1ccccc1)c1ccccc1. The van der Waals surface area contributed by atoms with Gasteiger partial charge in [0.2, 0.25) is 0 Å². The third kappa shape index (κ3) is 6.13. The monoisotopic (exact) mass is 387 g/mol. The molecular formula is C27H33NO. The molecular weight excluding hydrogens is 354 g/mol. The Balaban J connectivity index is 2.45. The van der Waals surface area contributed by atoms with E-state index < -0.39 is 0 Å². The number of hydrogen-bond acceptors (Lipinski definition) is 2. The van der Waals surface area contributed by atoms with Crippen molar-refractivity contribution in [2.45, 2.75) is 39.7 Å². The molecule has 0 aliphatic heterocycles. The summed E-state index contributed by atoms with van der Waals surface area (Å²) in [6, 6.07) is 20.8. The fourth-order valence-corrected chi connectivity index (χ4v) is 3.92. The van der Waals surface area contributed by atoms with Gasteiger partial charge in [-0.3, -0.25) is 4.79 Å². The third-order valence-electron chi connectivity index (χ3n) is 5.36. The van der Waals surface area contributed by atoms with E-state index in [0.717, 1.165) is 22.3 Å². The van der Waals surface area contributed by atoms with Gasteiger partial charge in [0.05, 0.1) is 0 Å². The lowest BCUT2D eigenvalue weighted by atomic mass is 9.82. The summed E-state index contributed by atoms with van der Waals surface area (Å²) in [4.78, 5) is 12.3. The molecule has 29 heavy (non-hydrogen) atoms. The number of ketones is 1. The zero-order valence-corrected chi connectivity index (χ0v) is 18.1. The van der Waals surface area contributed by atoms with Crippen molar-refractivity contribution in [1.29, 1.82) is 0 Å². The van der Waals surface area contributed by atoms with Gasteiger partial charge >= 0.3 is 0 Å². The van der Waals surface area contributed by atoms with Gasteiger partial charge in [-0.25, -0.2) is 0 Å². The molecule has 2 aromatic rings. The van der Waals surface area contributed by atoms with Crippen LogP contribution in [0.5, 0.6) is 0 Å². The number of carbonyl (C=O) groups excluding carboxylic acids is 1. The van der Waals surface area contributed by atoms with Gasteiger partial charge < -0.3 is 5.32 Å². The molecule has 152 valence electrons. The smallest absolute Gasteiger partial charge is 0.136 e. The zero-order valence-electron chi connectivity index (χ0n) is 18.1. The average Bonchev–Trinajstić information content (AvgIpc) is 2.74. The molecule has 0 saturated heterocycles. The molecule has 0 spiro atoms. The van der Waals surface area contributed by atoms with Gasteiger partial charge in [0.15, 0.2) is 0 Å². The van der Waals surface area contributed by atoms with Crippen molar-refractivity contribution in [2.75, 3.05) is 7.05 Å². The molecule has 0 bridgehead atoms. The topological polar surface area (TPSA) is 29.1 Å². The molecule has 0 aliphatic rings. The summed E-state index contributed by atoms with van der Waals surface area (Å²) >= 11 is 0. The summed E-state index contributed by atoms with van der Waals surface area (Å²) in [5, 5.41) is 3.45. The maximum absolute atomic E-state index is 12.3. The largest absolute Gasteiger partial charge is 0.313 e. The van der Waals surface area contributed by atoms with Gasteiger partial charge in [-0.1, -0.05) is 86.3 Å². The van der Waals surface area contributed by atoms with Crippen molar-refractivity contribution in [3.05, 3.63) is 96.1 Å².